The Morgan fingerprint density at radius 2 is 1.69 bits per heavy atom. The monoisotopic (exact) mass is 500 g/mol. The highest BCUT2D eigenvalue weighted by molar-refractivity contribution is 5.45. The fraction of sp³-hybridized carbons (Fsp3) is 0.750. The number of hydrogen-bond donors (Lipinski definition) is 1. The van der Waals surface area contributed by atoms with Crippen molar-refractivity contribution in [3.63, 3.8) is 0 Å². The van der Waals surface area contributed by atoms with Gasteiger partial charge in [-0.1, -0.05) is 45.2 Å². The third-order valence-electron chi connectivity index (χ3n) is 6.02. The number of nitrogens with zero attached hydrogens (tertiary/aromatic N) is 1. The van der Waals surface area contributed by atoms with Crippen molar-refractivity contribution in [2.75, 3.05) is 54.6 Å². The summed E-state index contributed by atoms with van der Waals surface area (Å²) in [6.45, 7) is 7.66. The summed E-state index contributed by atoms with van der Waals surface area (Å²) in [6.07, 6.45) is 9.89. The van der Waals surface area contributed by atoms with Crippen molar-refractivity contribution >= 4 is 6.41 Å². The van der Waals surface area contributed by atoms with Gasteiger partial charge in [-0.25, -0.2) is 8.78 Å². The Morgan fingerprint density at radius 3 is 2.29 bits per heavy atom. The summed E-state index contributed by atoms with van der Waals surface area (Å²) < 4.78 is 37.8. The minimum absolute atomic E-state index is 0.107. The van der Waals surface area contributed by atoms with Crippen LogP contribution in [0.15, 0.2) is 18.2 Å². The lowest BCUT2D eigenvalue weighted by atomic mass is 9.88. The Labute approximate surface area is 212 Å². The zero-order valence-corrected chi connectivity index (χ0v) is 23.0. The van der Waals surface area contributed by atoms with Gasteiger partial charge in [0.2, 0.25) is 6.41 Å². The summed E-state index contributed by atoms with van der Waals surface area (Å²) in [4.78, 5) is 12.1. The molecule has 35 heavy (non-hydrogen) atoms. The van der Waals surface area contributed by atoms with Crippen LogP contribution in [0.25, 0.3) is 0 Å². The highest BCUT2D eigenvalue weighted by Gasteiger charge is 2.18. The fourth-order valence-corrected chi connectivity index (χ4v) is 4.11. The Morgan fingerprint density at radius 1 is 1.00 bits per heavy atom. The van der Waals surface area contributed by atoms with Crippen molar-refractivity contribution in [2.24, 2.45) is 5.41 Å². The largest absolute Gasteiger partial charge is 0.385 e. The second-order valence-electron chi connectivity index (χ2n) is 10.3. The number of amides is 1. The molecular formula is C28H50F2N2O3. The molecule has 0 saturated carbocycles. The smallest absolute Gasteiger partial charge is 0.207 e. The molecule has 0 saturated heterocycles. The predicted octanol–water partition coefficient (Wildman–Crippen LogP) is 6.17. The molecule has 0 aromatic heterocycles. The van der Waals surface area contributed by atoms with Crippen LogP contribution in [-0.2, 0) is 14.3 Å². The van der Waals surface area contributed by atoms with E-state index >= 15 is 0 Å². The second-order valence-corrected chi connectivity index (χ2v) is 10.3. The first-order valence-corrected chi connectivity index (χ1v) is 12.9. The Hall–Kier alpha value is -1.57. The van der Waals surface area contributed by atoms with E-state index in [0.717, 1.165) is 90.5 Å². The molecule has 1 aromatic carbocycles. The maximum Gasteiger partial charge on any atom is 0.207 e. The van der Waals surface area contributed by atoms with Crippen LogP contribution < -0.4 is 5.32 Å². The molecule has 0 radical (unpaired) electrons. The van der Waals surface area contributed by atoms with Crippen LogP contribution >= 0.6 is 0 Å². The van der Waals surface area contributed by atoms with Crippen LogP contribution in [0, 0.1) is 17.0 Å². The van der Waals surface area contributed by atoms with Gasteiger partial charge >= 0.3 is 0 Å². The molecule has 5 nitrogen and oxygen atoms in total. The number of unbranched alkanes of at least 4 members (excludes halogenated alkanes) is 3. The van der Waals surface area contributed by atoms with E-state index in [1.54, 1.807) is 26.4 Å². The molecule has 204 valence electrons. The molecule has 1 atom stereocenters. The second kappa shape index (κ2) is 20.6. The van der Waals surface area contributed by atoms with Gasteiger partial charge in [0.15, 0.2) is 11.6 Å². The normalized spacial score (nSPS) is 12.3. The molecule has 7 heteroatoms. The molecule has 0 aliphatic heterocycles. The van der Waals surface area contributed by atoms with E-state index in [4.69, 9.17) is 9.47 Å². The first-order valence-electron chi connectivity index (χ1n) is 12.9. The SMILES string of the molecule is COCC(C)(C)CCCNC=O.COCCCCCC(CCCCN(C)C)c1cccc(F)c1F. The van der Waals surface area contributed by atoms with Crippen molar-refractivity contribution in [1.29, 1.82) is 0 Å². The summed E-state index contributed by atoms with van der Waals surface area (Å²) in [7, 11) is 7.53. The Balaban J connectivity index is 0.000000814. The number of rotatable bonds is 19. The van der Waals surface area contributed by atoms with Crippen LogP contribution in [0.4, 0.5) is 8.78 Å². The molecule has 0 spiro atoms. The number of carbonyl (C=O) groups is 1. The lowest BCUT2D eigenvalue weighted by Crippen LogP contribution is -2.21. The molecule has 1 rings (SSSR count). The van der Waals surface area contributed by atoms with E-state index < -0.39 is 11.6 Å². The van der Waals surface area contributed by atoms with Gasteiger partial charge in [0.1, 0.15) is 0 Å². The zero-order chi connectivity index (χ0) is 26.5. The molecule has 0 fully saturated rings. The molecule has 0 heterocycles. The highest BCUT2D eigenvalue weighted by atomic mass is 19.2. The van der Waals surface area contributed by atoms with Crippen LogP contribution in [0.3, 0.4) is 0 Å². The van der Waals surface area contributed by atoms with Crippen molar-refractivity contribution in [3.8, 4) is 0 Å². The maximum atomic E-state index is 14.1. The van der Waals surface area contributed by atoms with Crippen LogP contribution in [0.5, 0.6) is 0 Å². The third-order valence-corrected chi connectivity index (χ3v) is 6.02. The molecular weight excluding hydrogens is 450 g/mol. The van der Waals surface area contributed by atoms with Gasteiger partial charge in [-0.2, -0.15) is 0 Å². The van der Waals surface area contributed by atoms with E-state index in [1.165, 1.54) is 6.07 Å². The average molecular weight is 501 g/mol. The Bertz CT molecular complexity index is 657. The minimum Gasteiger partial charge on any atom is -0.385 e. The van der Waals surface area contributed by atoms with Crippen LogP contribution in [0.1, 0.15) is 83.1 Å². The predicted molar refractivity (Wildman–Crippen MR) is 141 cm³/mol. The summed E-state index contributed by atoms with van der Waals surface area (Å²) in [6, 6.07) is 4.55. The average Bonchev–Trinajstić information content (AvgIpc) is 2.80. The topological polar surface area (TPSA) is 50.8 Å². The standard InChI is InChI=1S/C19H31F2NO.C9H19NO2/c1-22(2)14-7-6-11-16(10-5-4-8-15-23-3)17-12-9-13-18(20)19(17)21;1-9(2,7-12-3)5-4-6-10-8-11/h9,12-13,16H,4-8,10-11,14-15H2,1-3H3;8H,4-7H2,1-3H3,(H,10,11). The van der Waals surface area contributed by atoms with Crippen molar-refractivity contribution < 1.29 is 23.0 Å². The number of carbonyl (C=O) groups excluding carboxylic acids is 1. The van der Waals surface area contributed by atoms with E-state index in [9.17, 15) is 13.6 Å². The maximum absolute atomic E-state index is 14.1. The minimum atomic E-state index is -0.736. The first-order chi connectivity index (χ1) is 16.7. The summed E-state index contributed by atoms with van der Waals surface area (Å²) in [5.74, 6) is -1.29. The van der Waals surface area contributed by atoms with Gasteiger partial charge in [-0.15, -0.1) is 0 Å². The zero-order valence-electron chi connectivity index (χ0n) is 23.0. The molecule has 0 aliphatic carbocycles. The summed E-state index contributed by atoms with van der Waals surface area (Å²) in [5.41, 5.74) is 0.765. The fourth-order valence-electron chi connectivity index (χ4n) is 4.11. The van der Waals surface area contributed by atoms with Crippen LogP contribution in [0.2, 0.25) is 0 Å². The number of nitrogens with one attached hydrogen (secondary N) is 1. The van der Waals surface area contributed by atoms with Crippen molar-refractivity contribution in [1.82, 2.24) is 10.2 Å². The molecule has 0 bridgehead atoms. The van der Waals surface area contributed by atoms with Crippen molar-refractivity contribution in [3.05, 3.63) is 35.4 Å². The molecule has 0 aliphatic rings. The van der Waals surface area contributed by atoms with Gasteiger partial charge in [0, 0.05) is 27.4 Å². The number of hydrogen-bond acceptors (Lipinski definition) is 4. The van der Waals surface area contributed by atoms with E-state index in [-0.39, 0.29) is 11.3 Å². The van der Waals surface area contributed by atoms with Crippen LogP contribution in [-0.4, -0.2) is 65.9 Å². The van der Waals surface area contributed by atoms with Crippen molar-refractivity contribution in [2.45, 2.75) is 77.6 Å². The lowest BCUT2D eigenvalue weighted by Gasteiger charge is -2.23. The van der Waals surface area contributed by atoms with Gasteiger partial charge < -0.3 is 19.7 Å². The Kier molecular flexibility index (Phi) is 19.7. The number of halogens is 2. The summed E-state index contributed by atoms with van der Waals surface area (Å²) in [5, 5.41) is 2.64. The van der Waals surface area contributed by atoms with Gasteiger partial charge in [-0.3, -0.25) is 4.79 Å². The summed E-state index contributed by atoms with van der Waals surface area (Å²) >= 11 is 0. The van der Waals surface area contributed by atoms with E-state index in [0.29, 0.717) is 5.56 Å². The number of methoxy groups -OCH3 is 2. The van der Waals surface area contributed by atoms with Gasteiger partial charge in [0.05, 0.1) is 6.61 Å². The first kappa shape index (κ1) is 33.4. The molecule has 1 amide bonds. The van der Waals surface area contributed by atoms with Gasteiger partial charge in [0.25, 0.3) is 0 Å². The highest BCUT2D eigenvalue weighted by Crippen LogP contribution is 2.30. The quantitative estimate of drug-likeness (QED) is 0.182. The lowest BCUT2D eigenvalue weighted by molar-refractivity contribution is -0.109. The molecule has 1 N–H and O–H groups in total. The van der Waals surface area contributed by atoms with E-state index in [1.807, 2.05) is 0 Å². The van der Waals surface area contributed by atoms with Gasteiger partial charge in [-0.05, 0) is 82.1 Å². The number of ether oxygens (including phenoxy) is 2. The van der Waals surface area contributed by atoms with E-state index in [2.05, 4.69) is 38.2 Å². The molecule has 1 unspecified atom stereocenters. The number of benzene rings is 1. The molecule has 1 aromatic rings. The third kappa shape index (κ3) is 17.5.